The van der Waals surface area contributed by atoms with Crippen molar-refractivity contribution in [2.24, 2.45) is 0 Å². The smallest absolute Gasteiger partial charge is 0.220 e. The normalized spacial score (nSPS) is 15.4. The second-order valence-corrected chi connectivity index (χ2v) is 1.65. The van der Waals surface area contributed by atoms with Crippen LogP contribution in [0.4, 0.5) is 0 Å². The lowest BCUT2D eigenvalue weighted by Gasteiger charge is -2.12. The molecule has 0 saturated heterocycles. The van der Waals surface area contributed by atoms with Gasteiger partial charge in [0.1, 0.15) is 6.10 Å². The van der Waals surface area contributed by atoms with Crippen LogP contribution in [0, 0.1) is 0 Å². The average molecular weight is 220 g/mol. The van der Waals surface area contributed by atoms with Crippen LogP contribution in [0.25, 0.3) is 0 Å². The summed E-state index contributed by atoms with van der Waals surface area (Å²) in [4.78, 5) is 3.83. The van der Waals surface area contributed by atoms with Crippen molar-refractivity contribution in [2.75, 3.05) is 6.61 Å². The number of aliphatic hydroxyl groups is 3. The first-order chi connectivity index (χ1) is 6.72. The number of rotatable bonds is 9. The first kappa shape index (κ1) is 13.6. The molecule has 0 aromatic rings. The lowest BCUT2D eigenvalue weighted by Crippen LogP contribution is -2.31. The topological polar surface area (TPSA) is 146 Å². The molecule has 0 aromatic carbocycles. The highest BCUT2D eigenvalue weighted by Crippen LogP contribution is 1.96. The van der Waals surface area contributed by atoms with Gasteiger partial charge in [-0.05, 0) is 30.2 Å². The zero-order valence-electron chi connectivity index (χ0n) is 6.51. The van der Waals surface area contributed by atoms with Crippen LogP contribution in [0.5, 0.6) is 0 Å². The maximum atomic E-state index is 8.69. The minimum Gasteiger partial charge on any atom is -0.393 e. The van der Waals surface area contributed by atoms with Crippen LogP contribution in [0.15, 0.2) is 0 Å². The third kappa shape index (κ3) is 7.01. The second-order valence-electron chi connectivity index (χ2n) is 1.65. The highest BCUT2D eigenvalue weighted by molar-refractivity contribution is 4.52. The minimum absolute atomic E-state index is 0.761. The molecular formula is C3H8O11. The highest BCUT2D eigenvalue weighted by Gasteiger charge is 2.17. The molecular weight excluding hydrogens is 212 g/mol. The monoisotopic (exact) mass is 220 g/mol. The zero-order chi connectivity index (χ0) is 10.8. The quantitative estimate of drug-likeness (QED) is 0.144. The predicted octanol–water partition coefficient (Wildman–Crippen LogP) is -2.26. The summed E-state index contributed by atoms with van der Waals surface area (Å²) in [5.74, 6) is 0. The van der Waals surface area contributed by atoms with E-state index in [1.165, 1.54) is 0 Å². The Bertz CT molecular complexity index is 117. The van der Waals surface area contributed by atoms with Crippen molar-refractivity contribution in [3.05, 3.63) is 0 Å². The van der Waals surface area contributed by atoms with E-state index in [-0.39, 0.29) is 0 Å². The molecule has 0 aromatic heterocycles. The van der Waals surface area contributed by atoms with Gasteiger partial charge in [-0.25, -0.2) is 5.26 Å². The van der Waals surface area contributed by atoms with Gasteiger partial charge in [0.15, 0.2) is 0 Å². The molecule has 0 aliphatic heterocycles. The highest BCUT2D eigenvalue weighted by atomic mass is 17.9. The summed E-state index contributed by atoms with van der Waals surface area (Å²) in [6.07, 6.45) is -3.45. The van der Waals surface area contributed by atoms with Crippen molar-refractivity contribution in [3.63, 3.8) is 0 Å². The maximum absolute atomic E-state index is 8.69. The van der Waals surface area contributed by atoms with Crippen LogP contribution < -0.4 is 0 Å². The van der Waals surface area contributed by atoms with Crippen LogP contribution in [0.3, 0.4) is 0 Å². The summed E-state index contributed by atoms with van der Waals surface area (Å²) >= 11 is 0. The fourth-order valence-electron chi connectivity index (χ4n) is 0.257. The van der Waals surface area contributed by atoms with E-state index in [0.717, 1.165) is 0 Å². The molecule has 0 heterocycles. The van der Waals surface area contributed by atoms with E-state index in [1.807, 2.05) is 0 Å². The molecule has 2 unspecified atom stereocenters. The third-order valence-electron chi connectivity index (χ3n) is 0.796. The first-order valence-corrected chi connectivity index (χ1v) is 2.99. The molecule has 0 saturated carbocycles. The van der Waals surface area contributed by atoms with Gasteiger partial charge in [-0.3, -0.25) is 0 Å². The zero-order valence-corrected chi connectivity index (χ0v) is 6.51. The van der Waals surface area contributed by atoms with Crippen molar-refractivity contribution >= 4 is 0 Å². The summed E-state index contributed by atoms with van der Waals surface area (Å²) in [5, 5.41) is 53.0. The van der Waals surface area contributed by atoms with Crippen LogP contribution >= 0.6 is 0 Å². The van der Waals surface area contributed by atoms with Gasteiger partial charge in [0, 0.05) is 0 Å². The standard InChI is InChI=1S/C3H8O11/c4-1-2(5)3(6)8-10-12-14-13-11-9-7/h2-7H,1H2. The van der Waals surface area contributed by atoms with E-state index in [9.17, 15) is 0 Å². The summed E-state index contributed by atoms with van der Waals surface area (Å²) in [7, 11) is 0. The molecule has 11 heteroatoms. The Morgan fingerprint density at radius 3 is 2.07 bits per heavy atom. The summed E-state index contributed by atoms with van der Waals surface area (Å²) in [6, 6.07) is 0. The van der Waals surface area contributed by atoms with Gasteiger partial charge in [0.25, 0.3) is 0 Å². The van der Waals surface area contributed by atoms with Gasteiger partial charge in [-0.2, -0.15) is 4.89 Å². The molecule has 0 spiro atoms. The van der Waals surface area contributed by atoms with Crippen molar-refractivity contribution < 1.29 is 55.7 Å². The molecule has 0 aliphatic carbocycles. The summed E-state index contributed by atoms with van der Waals surface area (Å²) < 4.78 is 0. The summed E-state index contributed by atoms with van der Waals surface area (Å²) in [6.45, 7) is -0.761. The van der Waals surface area contributed by atoms with E-state index in [1.54, 1.807) is 0 Å². The van der Waals surface area contributed by atoms with Gasteiger partial charge in [-0.15, -0.1) is 0 Å². The summed E-state index contributed by atoms with van der Waals surface area (Å²) in [5.41, 5.74) is 0. The van der Waals surface area contributed by atoms with Gasteiger partial charge >= 0.3 is 0 Å². The van der Waals surface area contributed by atoms with E-state index < -0.39 is 19.0 Å². The molecule has 0 radical (unpaired) electrons. The molecule has 0 aliphatic rings. The Hall–Kier alpha value is -0.440. The van der Waals surface area contributed by atoms with Crippen LogP contribution in [-0.2, 0) is 35.1 Å². The van der Waals surface area contributed by atoms with E-state index >= 15 is 0 Å². The van der Waals surface area contributed by atoms with Crippen molar-refractivity contribution in [2.45, 2.75) is 12.4 Å². The Kier molecular flexibility index (Phi) is 8.84. The van der Waals surface area contributed by atoms with Crippen LogP contribution in [-0.4, -0.2) is 39.6 Å². The average Bonchev–Trinajstić information content (AvgIpc) is 2.21. The fraction of sp³-hybridized carbons (Fsp3) is 1.00. The van der Waals surface area contributed by atoms with Crippen molar-refractivity contribution in [3.8, 4) is 0 Å². The molecule has 4 N–H and O–H groups in total. The molecule has 0 rings (SSSR count). The number of aliphatic hydroxyl groups excluding tert-OH is 3. The maximum Gasteiger partial charge on any atom is 0.220 e. The molecule has 0 bridgehead atoms. The van der Waals surface area contributed by atoms with Crippen molar-refractivity contribution in [1.29, 1.82) is 0 Å². The van der Waals surface area contributed by atoms with E-state index in [4.69, 9.17) is 20.6 Å². The Morgan fingerprint density at radius 2 is 1.50 bits per heavy atom. The molecule has 86 valence electrons. The number of hydrogen-bond acceptors (Lipinski definition) is 11. The van der Waals surface area contributed by atoms with Gasteiger partial charge in [0.2, 0.25) is 6.29 Å². The van der Waals surface area contributed by atoms with E-state index in [2.05, 4.69) is 35.1 Å². The molecule has 0 fully saturated rings. The van der Waals surface area contributed by atoms with Crippen LogP contribution in [0.2, 0.25) is 0 Å². The predicted molar refractivity (Wildman–Crippen MR) is 29.3 cm³/mol. The van der Waals surface area contributed by atoms with Gasteiger partial charge < -0.3 is 15.3 Å². The van der Waals surface area contributed by atoms with Crippen LogP contribution in [0.1, 0.15) is 0 Å². The molecule has 11 nitrogen and oxygen atoms in total. The van der Waals surface area contributed by atoms with Gasteiger partial charge in [-0.1, -0.05) is 0 Å². The molecule has 0 amide bonds. The third-order valence-corrected chi connectivity index (χ3v) is 0.796. The minimum atomic E-state index is -1.86. The first-order valence-electron chi connectivity index (χ1n) is 2.99. The molecule has 14 heavy (non-hydrogen) atoms. The number of hydrogen-bond donors (Lipinski definition) is 4. The Labute approximate surface area is 75.9 Å². The second kappa shape index (κ2) is 9.13. The SMILES string of the molecule is OCC(O)C(O)OOOOOOOO. The Balaban J connectivity index is 3.18. The van der Waals surface area contributed by atoms with Crippen molar-refractivity contribution in [1.82, 2.24) is 0 Å². The van der Waals surface area contributed by atoms with Gasteiger partial charge in [0.05, 0.1) is 6.61 Å². The van der Waals surface area contributed by atoms with E-state index in [0.29, 0.717) is 0 Å². The lowest BCUT2D eigenvalue weighted by molar-refractivity contribution is -0.815. The Morgan fingerprint density at radius 1 is 0.929 bits per heavy atom. The lowest BCUT2D eigenvalue weighted by atomic mass is 10.4. The fourth-order valence-corrected chi connectivity index (χ4v) is 0.257. The largest absolute Gasteiger partial charge is 0.393 e. The molecule has 2 atom stereocenters.